The van der Waals surface area contributed by atoms with Gasteiger partial charge in [-0.1, -0.05) is 5.16 Å². The molecule has 0 radical (unpaired) electrons. The van der Waals surface area contributed by atoms with Crippen LogP contribution in [0.1, 0.15) is 68.5 Å². The highest BCUT2D eigenvalue weighted by atomic mass is 16.5. The lowest BCUT2D eigenvalue weighted by molar-refractivity contribution is 0.0495. The Balaban J connectivity index is 1.76. The smallest absolute Gasteiger partial charge is 0.295 e. The SMILES string of the molecule is CC1CCCC(C)N1C(=O)c1noc(C2CCCN2)n1. The second kappa shape index (κ2) is 5.52. The minimum absolute atomic E-state index is 0.0994. The molecule has 2 aliphatic heterocycles. The molecule has 2 saturated heterocycles. The third kappa shape index (κ3) is 2.44. The van der Waals surface area contributed by atoms with Crippen LogP contribution in [0.5, 0.6) is 0 Å². The minimum Gasteiger partial charge on any atom is -0.337 e. The number of hydrogen-bond donors (Lipinski definition) is 1. The number of piperidine rings is 1. The maximum atomic E-state index is 12.6. The molecule has 2 fully saturated rings. The van der Waals surface area contributed by atoms with Crippen molar-refractivity contribution in [3.63, 3.8) is 0 Å². The molecule has 3 heterocycles. The van der Waals surface area contributed by atoms with E-state index in [0.717, 1.165) is 32.2 Å². The van der Waals surface area contributed by atoms with E-state index in [9.17, 15) is 4.79 Å². The number of carbonyl (C=O) groups excluding carboxylic acids is 1. The molecular weight excluding hydrogens is 256 g/mol. The van der Waals surface area contributed by atoms with Crippen molar-refractivity contribution >= 4 is 5.91 Å². The summed E-state index contributed by atoms with van der Waals surface area (Å²) in [7, 11) is 0. The zero-order valence-electron chi connectivity index (χ0n) is 12.1. The number of likely N-dealkylation sites (tertiary alicyclic amines) is 1. The summed E-state index contributed by atoms with van der Waals surface area (Å²) in [5, 5.41) is 7.19. The maximum absolute atomic E-state index is 12.6. The average Bonchev–Trinajstić information content (AvgIpc) is 3.09. The lowest BCUT2D eigenvalue weighted by Gasteiger charge is -2.38. The van der Waals surface area contributed by atoms with Gasteiger partial charge in [0.15, 0.2) is 0 Å². The summed E-state index contributed by atoms with van der Waals surface area (Å²) in [4.78, 5) is 18.8. The Morgan fingerprint density at radius 1 is 1.25 bits per heavy atom. The molecule has 0 saturated carbocycles. The first-order chi connectivity index (χ1) is 9.66. The quantitative estimate of drug-likeness (QED) is 0.894. The number of aromatic nitrogens is 2. The number of carbonyl (C=O) groups is 1. The van der Waals surface area contributed by atoms with E-state index in [1.165, 1.54) is 6.42 Å². The van der Waals surface area contributed by atoms with Crippen LogP contribution in [-0.4, -0.2) is 39.6 Å². The number of nitrogens with zero attached hydrogens (tertiary/aromatic N) is 3. The van der Waals surface area contributed by atoms with Gasteiger partial charge in [0.1, 0.15) is 0 Å². The first kappa shape index (κ1) is 13.5. The van der Waals surface area contributed by atoms with E-state index < -0.39 is 0 Å². The number of nitrogens with one attached hydrogen (secondary N) is 1. The number of amides is 1. The second-order valence-electron chi connectivity index (χ2n) is 5.95. The Morgan fingerprint density at radius 3 is 2.65 bits per heavy atom. The molecule has 1 amide bonds. The Kier molecular flexibility index (Phi) is 3.74. The third-order valence-electron chi connectivity index (χ3n) is 4.42. The molecule has 3 unspecified atom stereocenters. The van der Waals surface area contributed by atoms with Crippen molar-refractivity contribution in [3.05, 3.63) is 11.7 Å². The highest BCUT2D eigenvalue weighted by molar-refractivity contribution is 5.90. The fourth-order valence-electron chi connectivity index (χ4n) is 3.30. The largest absolute Gasteiger partial charge is 0.337 e. The molecule has 110 valence electrons. The molecule has 0 spiro atoms. The van der Waals surface area contributed by atoms with E-state index in [1.54, 1.807) is 0 Å². The molecule has 3 rings (SSSR count). The van der Waals surface area contributed by atoms with Crippen LogP contribution in [-0.2, 0) is 0 Å². The normalized spacial score (nSPS) is 30.7. The molecule has 0 aliphatic carbocycles. The summed E-state index contributed by atoms with van der Waals surface area (Å²) in [5.74, 6) is 0.648. The van der Waals surface area contributed by atoms with Gasteiger partial charge in [-0.3, -0.25) is 4.79 Å². The van der Waals surface area contributed by atoms with Gasteiger partial charge in [-0.2, -0.15) is 4.98 Å². The standard InChI is InChI=1S/C14H22N4O2/c1-9-5-3-6-10(2)18(9)14(19)12-16-13(20-17-12)11-7-4-8-15-11/h9-11,15H,3-8H2,1-2H3. The van der Waals surface area contributed by atoms with Crippen LogP contribution in [0.4, 0.5) is 0 Å². The lowest BCUT2D eigenvalue weighted by atomic mass is 9.97. The number of hydrogen-bond acceptors (Lipinski definition) is 5. The number of rotatable bonds is 2. The van der Waals surface area contributed by atoms with Crippen LogP contribution < -0.4 is 5.32 Å². The molecule has 3 atom stereocenters. The van der Waals surface area contributed by atoms with Crippen LogP contribution in [0.2, 0.25) is 0 Å². The van der Waals surface area contributed by atoms with Crippen LogP contribution in [0.3, 0.4) is 0 Å². The topological polar surface area (TPSA) is 71.3 Å². The van der Waals surface area contributed by atoms with Crippen LogP contribution in [0.25, 0.3) is 0 Å². The predicted molar refractivity (Wildman–Crippen MR) is 73.2 cm³/mol. The van der Waals surface area contributed by atoms with Gasteiger partial charge in [-0.15, -0.1) is 0 Å². The molecule has 6 heteroatoms. The summed E-state index contributed by atoms with van der Waals surface area (Å²) in [6, 6.07) is 0.607. The van der Waals surface area contributed by atoms with Crippen molar-refractivity contribution in [1.29, 1.82) is 0 Å². The summed E-state index contributed by atoms with van der Waals surface area (Å²) in [6.07, 6.45) is 5.37. The molecule has 1 aromatic rings. The van der Waals surface area contributed by atoms with Crippen LogP contribution in [0, 0.1) is 0 Å². The van der Waals surface area contributed by atoms with Crippen molar-refractivity contribution in [1.82, 2.24) is 20.4 Å². The van der Waals surface area contributed by atoms with Crippen molar-refractivity contribution in [2.24, 2.45) is 0 Å². The molecule has 1 aromatic heterocycles. The zero-order valence-corrected chi connectivity index (χ0v) is 12.1. The highest BCUT2D eigenvalue weighted by Gasteiger charge is 2.33. The van der Waals surface area contributed by atoms with Crippen molar-refractivity contribution in [2.75, 3.05) is 6.54 Å². The second-order valence-corrected chi connectivity index (χ2v) is 5.95. The van der Waals surface area contributed by atoms with Crippen molar-refractivity contribution < 1.29 is 9.32 Å². The zero-order chi connectivity index (χ0) is 14.1. The molecule has 0 aromatic carbocycles. The Morgan fingerprint density at radius 2 is 2.00 bits per heavy atom. The van der Waals surface area contributed by atoms with Gasteiger partial charge in [0.05, 0.1) is 6.04 Å². The van der Waals surface area contributed by atoms with Gasteiger partial charge in [-0.25, -0.2) is 0 Å². The van der Waals surface area contributed by atoms with E-state index in [2.05, 4.69) is 29.3 Å². The summed E-state index contributed by atoms with van der Waals surface area (Å²) < 4.78 is 5.26. The van der Waals surface area contributed by atoms with E-state index in [4.69, 9.17) is 4.52 Å². The van der Waals surface area contributed by atoms with Gasteiger partial charge < -0.3 is 14.7 Å². The van der Waals surface area contributed by atoms with E-state index in [-0.39, 0.29) is 29.9 Å². The fraction of sp³-hybridized carbons (Fsp3) is 0.786. The minimum atomic E-state index is -0.0994. The Hall–Kier alpha value is -1.43. The first-order valence-corrected chi connectivity index (χ1v) is 7.56. The maximum Gasteiger partial charge on any atom is 0.295 e. The third-order valence-corrected chi connectivity index (χ3v) is 4.42. The monoisotopic (exact) mass is 278 g/mol. The predicted octanol–water partition coefficient (Wildman–Crippen LogP) is 1.90. The first-order valence-electron chi connectivity index (χ1n) is 7.56. The summed E-state index contributed by atoms with van der Waals surface area (Å²) >= 11 is 0. The van der Waals surface area contributed by atoms with Gasteiger partial charge in [0.2, 0.25) is 5.89 Å². The molecule has 20 heavy (non-hydrogen) atoms. The van der Waals surface area contributed by atoms with Gasteiger partial charge in [0.25, 0.3) is 11.7 Å². The average molecular weight is 278 g/mol. The lowest BCUT2D eigenvalue weighted by Crippen LogP contribution is -2.47. The van der Waals surface area contributed by atoms with Gasteiger partial charge in [0, 0.05) is 12.1 Å². The Labute approximate surface area is 118 Å². The van der Waals surface area contributed by atoms with Gasteiger partial charge >= 0.3 is 0 Å². The Bertz CT molecular complexity index is 471. The molecular formula is C14H22N4O2. The van der Waals surface area contributed by atoms with E-state index in [0.29, 0.717) is 5.89 Å². The van der Waals surface area contributed by atoms with Crippen molar-refractivity contribution in [3.8, 4) is 0 Å². The summed E-state index contributed by atoms with van der Waals surface area (Å²) in [5.41, 5.74) is 0. The molecule has 1 N–H and O–H groups in total. The molecule has 0 bridgehead atoms. The van der Waals surface area contributed by atoms with E-state index in [1.807, 2.05) is 4.90 Å². The molecule has 2 aliphatic rings. The van der Waals surface area contributed by atoms with Crippen LogP contribution in [0.15, 0.2) is 4.52 Å². The highest BCUT2D eigenvalue weighted by Crippen LogP contribution is 2.25. The van der Waals surface area contributed by atoms with Crippen molar-refractivity contribution in [2.45, 2.75) is 64.1 Å². The fourth-order valence-corrected chi connectivity index (χ4v) is 3.30. The van der Waals surface area contributed by atoms with Crippen LogP contribution >= 0.6 is 0 Å². The molecule has 6 nitrogen and oxygen atoms in total. The summed E-state index contributed by atoms with van der Waals surface area (Å²) in [6.45, 7) is 5.15. The van der Waals surface area contributed by atoms with Gasteiger partial charge in [-0.05, 0) is 52.5 Å². The van der Waals surface area contributed by atoms with E-state index >= 15 is 0 Å².